The van der Waals surface area contributed by atoms with Gasteiger partial charge in [-0.3, -0.25) is 9.59 Å². The maximum atomic E-state index is 13.0. The Hall–Kier alpha value is -3.34. The van der Waals surface area contributed by atoms with Crippen LogP contribution in [0.25, 0.3) is 0 Å². The fraction of sp³-hybridized carbons (Fsp3) is 0.182. The summed E-state index contributed by atoms with van der Waals surface area (Å²) in [5.41, 5.74) is 2.58. The highest BCUT2D eigenvalue weighted by molar-refractivity contribution is 6.04. The minimum Gasteiger partial charge on any atom is -0.459 e. The molecule has 0 radical (unpaired) electrons. The van der Waals surface area contributed by atoms with Gasteiger partial charge in [0.1, 0.15) is 0 Å². The lowest BCUT2D eigenvalue weighted by Crippen LogP contribution is -2.30. The quantitative estimate of drug-likeness (QED) is 0.695. The molecular weight excluding hydrogens is 340 g/mol. The monoisotopic (exact) mass is 362 g/mol. The number of benzene rings is 2. The maximum absolute atomic E-state index is 13.0. The Kier molecular flexibility index (Phi) is 6.05. The number of carbonyl (C=O) groups is 2. The Labute approximate surface area is 158 Å². The zero-order valence-electron chi connectivity index (χ0n) is 15.2. The highest BCUT2D eigenvalue weighted by Crippen LogP contribution is 2.22. The van der Waals surface area contributed by atoms with E-state index in [1.165, 1.54) is 6.26 Å². The largest absolute Gasteiger partial charge is 0.459 e. The second-order valence-electron chi connectivity index (χ2n) is 6.15. The van der Waals surface area contributed by atoms with E-state index < -0.39 is 0 Å². The molecule has 0 aliphatic carbocycles. The predicted molar refractivity (Wildman–Crippen MR) is 104 cm³/mol. The Morgan fingerprint density at radius 1 is 0.963 bits per heavy atom. The molecular formula is C22H22N2O3. The van der Waals surface area contributed by atoms with Crippen LogP contribution >= 0.6 is 0 Å². The van der Waals surface area contributed by atoms with E-state index in [2.05, 4.69) is 5.32 Å². The summed E-state index contributed by atoms with van der Waals surface area (Å²) in [7, 11) is 0. The number of likely N-dealkylation sites (N-methyl/N-ethyl adjacent to an activating group) is 1. The molecule has 27 heavy (non-hydrogen) atoms. The summed E-state index contributed by atoms with van der Waals surface area (Å²) in [5, 5.41) is 2.79. The molecule has 0 saturated heterocycles. The molecule has 138 valence electrons. The molecule has 3 rings (SSSR count). The lowest BCUT2D eigenvalue weighted by atomic mass is 10.1. The molecule has 2 amide bonds. The van der Waals surface area contributed by atoms with Gasteiger partial charge in [-0.2, -0.15) is 0 Å². The van der Waals surface area contributed by atoms with E-state index in [1.54, 1.807) is 17.0 Å². The summed E-state index contributed by atoms with van der Waals surface area (Å²) in [4.78, 5) is 26.6. The van der Waals surface area contributed by atoms with Crippen LogP contribution in [-0.4, -0.2) is 18.4 Å². The van der Waals surface area contributed by atoms with E-state index >= 15 is 0 Å². The van der Waals surface area contributed by atoms with Crippen LogP contribution in [0.15, 0.2) is 77.4 Å². The van der Waals surface area contributed by atoms with Crippen LogP contribution < -0.4 is 10.2 Å². The van der Waals surface area contributed by atoms with Crippen molar-refractivity contribution in [3.8, 4) is 0 Å². The first kappa shape index (κ1) is 18.5. The van der Waals surface area contributed by atoms with E-state index in [0.29, 0.717) is 13.1 Å². The molecule has 0 unspecified atom stereocenters. The van der Waals surface area contributed by atoms with E-state index in [4.69, 9.17) is 4.42 Å². The van der Waals surface area contributed by atoms with E-state index in [1.807, 2.05) is 61.5 Å². The van der Waals surface area contributed by atoms with Gasteiger partial charge in [-0.25, -0.2) is 0 Å². The Morgan fingerprint density at radius 3 is 2.44 bits per heavy atom. The summed E-state index contributed by atoms with van der Waals surface area (Å²) in [6.45, 7) is 2.89. The van der Waals surface area contributed by atoms with Crippen LogP contribution in [0, 0.1) is 0 Å². The molecule has 0 spiro atoms. The molecule has 5 heteroatoms. The van der Waals surface area contributed by atoms with E-state index in [9.17, 15) is 9.59 Å². The Bertz CT molecular complexity index is 889. The lowest BCUT2D eigenvalue weighted by Gasteiger charge is -2.22. The zero-order chi connectivity index (χ0) is 19.1. The smallest absolute Gasteiger partial charge is 0.294 e. The third-order valence-corrected chi connectivity index (χ3v) is 4.12. The van der Waals surface area contributed by atoms with Crippen molar-refractivity contribution in [2.45, 2.75) is 19.9 Å². The Balaban J connectivity index is 1.90. The molecule has 1 heterocycles. The molecule has 0 fully saturated rings. The van der Waals surface area contributed by atoms with Crippen LogP contribution in [0.5, 0.6) is 0 Å². The van der Waals surface area contributed by atoms with Crippen molar-refractivity contribution >= 4 is 17.5 Å². The third kappa shape index (κ3) is 4.85. The summed E-state index contributed by atoms with van der Waals surface area (Å²) in [6.07, 6.45) is 1.76. The van der Waals surface area contributed by atoms with Crippen molar-refractivity contribution in [1.82, 2.24) is 5.32 Å². The second-order valence-corrected chi connectivity index (χ2v) is 6.15. The van der Waals surface area contributed by atoms with Gasteiger partial charge in [0.25, 0.3) is 5.91 Å². The predicted octanol–water partition coefficient (Wildman–Crippen LogP) is 3.81. The van der Waals surface area contributed by atoms with Gasteiger partial charge in [0, 0.05) is 12.2 Å². The van der Waals surface area contributed by atoms with Gasteiger partial charge in [-0.05, 0) is 42.3 Å². The number of amides is 2. The number of hydrogen-bond acceptors (Lipinski definition) is 3. The number of furan rings is 1. The molecule has 0 atom stereocenters. The van der Waals surface area contributed by atoms with E-state index in [-0.39, 0.29) is 24.0 Å². The fourth-order valence-corrected chi connectivity index (χ4v) is 2.86. The van der Waals surface area contributed by atoms with Crippen LogP contribution in [0.1, 0.15) is 28.6 Å². The molecule has 3 aromatic rings. The topological polar surface area (TPSA) is 62.6 Å². The normalized spacial score (nSPS) is 10.4. The average Bonchev–Trinajstić information content (AvgIpc) is 3.21. The summed E-state index contributed by atoms with van der Waals surface area (Å²) >= 11 is 0. The van der Waals surface area contributed by atoms with Crippen LogP contribution in [0.2, 0.25) is 0 Å². The van der Waals surface area contributed by atoms with Crippen LogP contribution in [-0.2, 0) is 17.8 Å². The van der Waals surface area contributed by atoms with Crippen LogP contribution in [0.3, 0.4) is 0 Å². The molecule has 5 nitrogen and oxygen atoms in total. The van der Waals surface area contributed by atoms with Crippen molar-refractivity contribution in [2.24, 2.45) is 0 Å². The van der Waals surface area contributed by atoms with Gasteiger partial charge in [-0.1, -0.05) is 42.5 Å². The molecule has 0 saturated carbocycles. The van der Waals surface area contributed by atoms with Gasteiger partial charge in [0.05, 0.1) is 19.2 Å². The summed E-state index contributed by atoms with van der Waals surface area (Å²) in [6, 6.07) is 20.6. The maximum Gasteiger partial charge on any atom is 0.294 e. The van der Waals surface area contributed by atoms with Crippen molar-refractivity contribution < 1.29 is 14.0 Å². The molecule has 0 bridgehead atoms. The highest BCUT2D eigenvalue weighted by Gasteiger charge is 2.21. The number of hydrogen-bond donors (Lipinski definition) is 1. The van der Waals surface area contributed by atoms with E-state index in [0.717, 1.165) is 16.8 Å². The highest BCUT2D eigenvalue weighted by atomic mass is 16.3. The summed E-state index contributed by atoms with van der Waals surface area (Å²) < 4.78 is 5.31. The number of rotatable bonds is 7. The van der Waals surface area contributed by atoms with Gasteiger partial charge in [0.2, 0.25) is 5.91 Å². The van der Waals surface area contributed by atoms with Gasteiger partial charge < -0.3 is 14.6 Å². The van der Waals surface area contributed by atoms with Crippen molar-refractivity contribution in [2.75, 3.05) is 11.4 Å². The first-order chi connectivity index (χ1) is 13.2. The number of nitrogens with one attached hydrogen (secondary N) is 1. The van der Waals surface area contributed by atoms with Gasteiger partial charge in [0.15, 0.2) is 5.76 Å². The average molecular weight is 362 g/mol. The van der Waals surface area contributed by atoms with Crippen molar-refractivity contribution in [3.63, 3.8) is 0 Å². The zero-order valence-corrected chi connectivity index (χ0v) is 15.2. The number of carbonyl (C=O) groups excluding carboxylic acids is 2. The third-order valence-electron chi connectivity index (χ3n) is 4.12. The number of nitrogens with zero attached hydrogens (tertiary/aromatic N) is 1. The summed E-state index contributed by atoms with van der Waals surface area (Å²) in [5.74, 6) is 0.0145. The molecule has 2 aromatic carbocycles. The Morgan fingerprint density at radius 2 is 1.74 bits per heavy atom. The minimum absolute atomic E-state index is 0.0402. The van der Waals surface area contributed by atoms with Gasteiger partial charge >= 0.3 is 0 Å². The van der Waals surface area contributed by atoms with Crippen molar-refractivity contribution in [3.05, 3.63) is 89.9 Å². The molecule has 0 aliphatic heterocycles. The van der Waals surface area contributed by atoms with Crippen molar-refractivity contribution in [1.29, 1.82) is 0 Å². The lowest BCUT2D eigenvalue weighted by molar-refractivity contribution is -0.120. The fourth-order valence-electron chi connectivity index (χ4n) is 2.86. The van der Waals surface area contributed by atoms with Crippen LogP contribution in [0.4, 0.5) is 5.69 Å². The standard InChI is InChI=1S/C22H22N2O3/c1-2-23-21(25)15-18-10-6-11-19(14-18)24(16-17-8-4-3-5-9-17)22(26)20-12-7-13-27-20/h3-14H,2,15-16H2,1H3,(H,23,25). The second kappa shape index (κ2) is 8.85. The van der Waals surface area contributed by atoms with Gasteiger partial charge in [-0.15, -0.1) is 0 Å². The minimum atomic E-state index is -0.223. The number of anilines is 1. The molecule has 0 aliphatic rings. The molecule has 1 aromatic heterocycles. The SMILES string of the molecule is CCNC(=O)Cc1cccc(N(Cc2ccccc2)C(=O)c2ccco2)c1. The first-order valence-electron chi connectivity index (χ1n) is 8.92. The first-order valence-corrected chi connectivity index (χ1v) is 8.92. The molecule has 1 N–H and O–H groups in total.